The van der Waals surface area contributed by atoms with Crippen molar-refractivity contribution in [2.75, 3.05) is 7.05 Å². The van der Waals surface area contributed by atoms with Crippen molar-refractivity contribution in [2.45, 2.75) is 25.9 Å². The van der Waals surface area contributed by atoms with E-state index in [-0.39, 0.29) is 6.04 Å². The van der Waals surface area contributed by atoms with Crippen molar-refractivity contribution in [2.24, 2.45) is 5.73 Å². The van der Waals surface area contributed by atoms with Crippen LogP contribution >= 0.6 is 0 Å². The van der Waals surface area contributed by atoms with E-state index >= 15 is 0 Å². The van der Waals surface area contributed by atoms with Crippen LogP contribution in [0.1, 0.15) is 13.8 Å². The van der Waals surface area contributed by atoms with Gasteiger partial charge in [-0.05, 0) is 20.9 Å². The fraction of sp³-hybridized carbons (Fsp3) is 1.00. The predicted octanol–water partition coefficient (Wildman–Crippen LogP) is -0.0585. The highest BCUT2D eigenvalue weighted by atomic mass is 14.9. The van der Waals surface area contributed by atoms with Crippen LogP contribution in [0.5, 0.6) is 0 Å². The normalized spacial score (nSPS) is 18.9. The van der Waals surface area contributed by atoms with Gasteiger partial charge in [0.2, 0.25) is 0 Å². The van der Waals surface area contributed by atoms with Crippen molar-refractivity contribution in [3.05, 3.63) is 0 Å². The first-order valence-corrected chi connectivity index (χ1v) is 2.61. The highest BCUT2D eigenvalue weighted by Gasteiger charge is 2.00. The Hall–Kier alpha value is -0.0800. The molecule has 2 atom stereocenters. The number of hydrogen-bond donors (Lipinski definition) is 2. The summed E-state index contributed by atoms with van der Waals surface area (Å²) in [6.45, 7) is 4.05. The summed E-state index contributed by atoms with van der Waals surface area (Å²) in [7, 11) is 1.91. The molecule has 2 heteroatoms. The van der Waals surface area contributed by atoms with Gasteiger partial charge in [0.15, 0.2) is 0 Å². The molecule has 0 saturated carbocycles. The highest BCUT2D eigenvalue weighted by molar-refractivity contribution is 4.66. The Kier molecular flexibility index (Phi) is 2.96. The second kappa shape index (κ2) is 2.99. The Morgan fingerprint density at radius 3 is 1.86 bits per heavy atom. The molecule has 0 fully saturated rings. The third kappa shape index (κ3) is 2.60. The third-order valence-corrected chi connectivity index (χ3v) is 1.24. The molecule has 0 heterocycles. The smallest absolute Gasteiger partial charge is 0.0185 e. The van der Waals surface area contributed by atoms with Gasteiger partial charge in [0, 0.05) is 12.1 Å². The van der Waals surface area contributed by atoms with Crippen LogP contribution in [0.15, 0.2) is 0 Å². The van der Waals surface area contributed by atoms with Gasteiger partial charge in [0.05, 0.1) is 0 Å². The van der Waals surface area contributed by atoms with Crippen LogP contribution in [-0.2, 0) is 0 Å². The van der Waals surface area contributed by atoms with Crippen LogP contribution in [0.4, 0.5) is 0 Å². The van der Waals surface area contributed by atoms with Gasteiger partial charge in [0.25, 0.3) is 0 Å². The largest absolute Gasteiger partial charge is 0.327 e. The van der Waals surface area contributed by atoms with Crippen molar-refractivity contribution in [1.29, 1.82) is 0 Å². The molecule has 3 N–H and O–H groups in total. The van der Waals surface area contributed by atoms with Crippen molar-refractivity contribution in [3.8, 4) is 0 Å². The van der Waals surface area contributed by atoms with E-state index in [1.165, 1.54) is 0 Å². The minimum absolute atomic E-state index is 0.255. The summed E-state index contributed by atoms with van der Waals surface area (Å²) in [5.41, 5.74) is 5.48. The molecule has 0 aromatic rings. The first kappa shape index (κ1) is 6.92. The Bertz CT molecular complexity index is 43.3. The van der Waals surface area contributed by atoms with Gasteiger partial charge in [-0.2, -0.15) is 0 Å². The molecule has 44 valence electrons. The van der Waals surface area contributed by atoms with Gasteiger partial charge in [-0.1, -0.05) is 0 Å². The molecule has 0 radical (unpaired) electrons. The molecule has 0 aliphatic carbocycles. The molecule has 0 unspecified atom stereocenters. The Morgan fingerprint density at radius 1 is 1.43 bits per heavy atom. The summed E-state index contributed by atoms with van der Waals surface area (Å²) < 4.78 is 0. The zero-order valence-corrected chi connectivity index (χ0v) is 5.23. The standard InChI is InChI=1S/C5H14N2/c1-4(6)5(2)7-3/h4-5,7H,6H2,1-3H3/t4-,5+/m1/s1. The Balaban J connectivity index is 3.14. The fourth-order valence-corrected chi connectivity index (χ4v) is 0.263. The van der Waals surface area contributed by atoms with E-state index in [4.69, 9.17) is 5.73 Å². The van der Waals surface area contributed by atoms with Crippen LogP contribution in [0.3, 0.4) is 0 Å². The monoisotopic (exact) mass is 102 g/mol. The van der Waals surface area contributed by atoms with Crippen molar-refractivity contribution in [1.82, 2.24) is 5.32 Å². The molecule has 0 saturated heterocycles. The lowest BCUT2D eigenvalue weighted by Gasteiger charge is -2.12. The topological polar surface area (TPSA) is 38.0 Å². The molecule has 0 bridgehead atoms. The quantitative estimate of drug-likeness (QED) is 0.512. The SMILES string of the molecule is CN[C@@H](C)[C@@H](C)N. The zero-order valence-electron chi connectivity index (χ0n) is 5.23. The molecule has 0 aliphatic rings. The van der Waals surface area contributed by atoms with E-state index in [9.17, 15) is 0 Å². The molecule has 0 amide bonds. The maximum atomic E-state index is 5.48. The average molecular weight is 102 g/mol. The van der Waals surface area contributed by atoms with E-state index in [1.54, 1.807) is 0 Å². The number of nitrogens with one attached hydrogen (secondary N) is 1. The highest BCUT2D eigenvalue weighted by Crippen LogP contribution is 1.82. The molecular formula is C5H14N2. The first-order valence-electron chi connectivity index (χ1n) is 2.61. The number of hydrogen-bond acceptors (Lipinski definition) is 2. The number of likely N-dealkylation sites (N-methyl/N-ethyl adjacent to an activating group) is 1. The molecule has 0 spiro atoms. The average Bonchev–Trinajstić information content (AvgIpc) is 1.65. The molecule has 0 aliphatic heterocycles. The lowest BCUT2D eigenvalue weighted by molar-refractivity contribution is 0.519. The fourth-order valence-electron chi connectivity index (χ4n) is 0.263. The van der Waals surface area contributed by atoms with Gasteiger partial charge in [-0.3, -0.25) is 0 Å². The maximum absolute atomic E-state index is 5.48. The Morgan fingerprint density at radius 2 is 1.86 bits per heavy atom. The van der Waals surface area contributed by atoms with Crippen LogP contribution in [0.2, 0.25) is 0 Å². The lowest BCUT2D eigenvalue weighted by atomic mass is 10.2. The predicted molar refractivity (Wildman–Crippen MR) is 32.2 cm³/mol. The summed E-state index contributed by atoms with van der Waals surface area (Å²) in [5.74, 6) is 0. The third-order valence-electron chi connectivity index (χ3n) is 1.24. The van der Waals surface area contributed by atoms with Crippen LogP contribution in [-0.4, -0.2) is 19.1 Å². The molecule has 2 nitrogen and oxygen atoms in total. The van der Waals surface area contributed by atoms with Crippen LogP contribution in [0.25, 0.3) is 0 Å². The summed E-state index contributed by atoms with van der Waals surface area (Å²) in [5, 5.41) is 3.04. The molecule has 7 heavy (non-hydrogen) atoms. The van der Waals surface area contributed by atoms with Gasteiger partial charge >= 0.3 is 0 Å². The van der Waals surface area contributed by atoms with Gasteiger partial charge in [-0.25, -0.2) is 0 Å². The second-order valence-electron chi connectivity index (χ2n) is 1.94. The minimum atomic E-state index is 0.255. The summed E-state index contributed by atoms with van der Waals surface area (Å²) >= 11 is 0. The minimum Gasteiger partial charge on any atom is -0.327 e. The number of nitrogens with two attached hydrogens (primary N) is 1. The summed E-state index contributed by atoms with van der Waals surface area (Å²) in [4.78, 5) is 0. The number of rotatable bonds is 2. The zero-order chi connectivity index (χ0) is 5.86. The second-order valence-corrected chi connectivity index (χ2v) is 1.94. The van der Waals surface area contributed by atoms with Crippen LogP contribution in [0, 0.1) is 0 Å². The molecule has 0 aromatic carbocycles. The van der Waals surface area contributed by atoms with E-state index in [0.29, 0.717) is 6.04 Å². The van der Waals surface area contributed by atoms with E-state index in [0.717, 1.165) is 0 Å². The molecule has 0 rings (SSSR count). The van der Waals surface area contributed by atoms with Crippen LogP contribution < -0.4 is 11.1 Å². The summed E-state index contributed by atoms with van der Waals surface area (Å²) in [6, 6.07) is 0.685. The Labute approximate surface area is 45.1 Å². The van der Waals surface area contributed by atoms with E-state index < -0.39 is 0 Å². The van der Waals surface area contributed by atoms with Gasteiger partial charge < -0.3 is 11.1 Å². The summed E-state index contributed by atoms with van der Waals surface area (Å²) in [6.07, 6.45) is 0. The van der Waals surface area contributed by atoms with Crippen molar-refractivity contribution >= 4 is 0 Å². The van der Waals surface area contributed by atoms with E-state index in [1.807, 2.05) is 14.0 Å². The maximum Gasteiger partial charge on any atom is 0.0185 e. The van der Waals surface area contributed by atoms with Gasteiger partial charge in [0.1, 0.15) is 0 Å². The van der Waals surface area contributed by atoms with Crippen molar-refractivity contribution in [3.63, 3.8) is 0 Å². The molecular weight excluding hydrogens is 88.1 g/mol. The first-order chi connectivity index (χ1) is 3.18. The molecule has 0 aromatic heterocycles. The van der Waals surface area contributed by atoms with E-state index in [2.05, 4.69) is 12.2 Å². The van der Waals surface area contributed by atoms with Crippen molar-refractivity contribution < 1.29 is 0 Å². The van der Waals surface area contributed by atoms with Gasteiger partial charge in [-0.15, -0.1) is 0 Å². The lowest BCUT2D eigenvalue weighted by Crippen LogP contribution is -2.38.